The smallest absolute Gasteiger partial charge is 0.307 e. The Morgan fingerprint density at radius 3 is 2.38 bits per heavy atom. The van der Waals surface area contributed by atoms with Gasteiger partial charge >= 0.3 is 5.97 Å². The van der Waals surface area contributed by atoms with Crippen molar-refractivity contribution in [2.75, 3.05) is 5.32 Å². The van der Waals surface area contributed by atoms with Crippen molar-refractivity contribution in [1.82, 2.24) is 0 Å². The average Bonchev–Trinajstić information content (AvgIpc) is 2.41. The molecule has 0 aromatic heterocycles. The lowest BCUT2D eigenvalue weighted by atomic mass is 10.1. The molecule has 0 saturated carbocycles. The number of anilines is 1. The van der Waals surface area contributed by atoms with Gasteiger partial charge in [0.15, 0.2) is 0 Å². The van der Waals surface area contributed by atoms with E-state index in [0.29, 0.717) is 17.7 Å². The molecule has 2 rings (SSSR count). The fourth-order valence-corrected chi connectivity index (χ4v) is 2.03. The molecular weight excluding hydrogens is 266 g/mol. The summed E-state index contributed by atoms with van der Waals surface area (Å²) in [7, 11) is 0. The lowest BCUT2D eigenvalue weighted by Gasteiger charge is -2.07. The van der Waals surface area contributed by atoms with Crippen LogP contribution in [-0.2, 0) is 22.4 Å². The Bertz CT molecular complexity index is 647. The molecule has 2 N–H and O–H groups in total. The molecule has 0 aliphatic heterocycles. The average molecular weight is 283 g/mol. The van der Waals surface area contributed by atoms with Gasteiger partial charge in [0.25, 0.3) is 0 Å². The summed E-state index contributed by atoms with van der Waals surface area (Å²) in [6.45, 7) is 2.00. The standard InChI is InChI=1S/C17H17NO3/c1-12-5-7-13(8-6-12)10-16(19)18-15-4-2-3-14(9-15)11-17(20)21/h2-9H,10-11H2,1H3,(H,18,19)(H,20,21). The minimum absolute atomic E-state index is 0.0539. The third-order valence-corrected chi connectivity index (χ3v) is 3.05. The van der Waals surface area contributed by atoms with Crippen LogP contribution in [0.15, 0.2) is 48.5 Å². The van der Waals surface area contributed by atoms with Gasteiger partial charge in [0.2, 0.25) is 5.91 Å². The molecule has 0 spiro atoms. The maximum atomic E-state index is 12.0. The first-order valence-corrected chi connectivity index (χ1v) is 6.69. The Balaban J connectivity index is 1.99. The van der Waals surface area contributed by atoms with Gasteiger partial charge in [-0.1, -0.05) is 42.0 Å². The van der Waals surface area contributed by atoms with Gasteiger partial charge in [0, 0.05) is 5.69 Å². The predicted molar refractivity (Wildman–Crippen MR) is 81.3 cm³/mol. The van der Waals surface area contributed by atoms with E-state index < -0.39 is 5.97 Å². The fraction of sp³-hybridized carbons (Fsp3) is 0.176. The Morgan fingerprint density at radius 1 is 1.00 bits per heavy atom. The number of benzene rings is 2. The number of carbonyl (C=O) groups excluding carboxylic acids is 1. The van der Waals surface area contributed by atoms with E-state index in [0.717, 1.165) is 11.1 Å². The number of rotatable bonds is 5. The van der Waals surface area contributed by atoms with Crippen molar-refractivity contribution in [1.29, 1.82) is 0 Å². The van der Waals surface area contributed by atoms with E-state index in [1.165, 1.54) is 0 Å². The Hall–Kier alpha value is -2.62. The second-order valence-electron chi connectivity index (χ2n) is 4.98. The topological polar surface area (TPSA) is 66.4 Å². The number of carboxylic acid groups (broad SMARTS) is 1. The minimum Gasteiger partial charge on any atom is -0.481 e. The van der Waals surface area contributed by atoms with Crippen LogP contribution in [0, 0.1) is 6.92 Å². The normalized spacial score (nSPS) is 10.1. The SMILES string of the molecule is Cc1ccc(CC(=O)Nc2cccc(CC(=O)O)c2)cc1. The number of hydrogen-bond donors (Lipinski definition) is 2. The maximum Gasteiger partial charge on any atom is 0.307 e. The van der Waals surface area contributed by atoms with Gasteiger partial charge in [-0.25, -0.2) is 0 Å². The van der Waals surface area contributed by atoms with Crippen LogP contribution in [0.4, 0.5) is 5.69 Å². The fourth-order valence-electron chi connectivity index (χ4n) is 2.03. The minimum atomic E-state index is -0.891. The summed E-state index contributed by atoms with van der Waals surface area (Å²) < 4.78 is 0. The summed E-state index contributed by atoms with van der Waals surface area (Å²) in [5.41, 5.74) is 3.38. The zero-order valence-corrected chi connectivity index (χ0v) is 11.8. The van der Waals surface area contributed by atoms with E-state index in [-0.39, 0.29) is 12.3 Å². The first kappa shape index (κ1) is 14.8. The van der Waals surface area contributed by atoms with Gasteiger partial charge in [-0.05, 0) is 30.2 Å². The van der Waals surface area contributed by atoms with Crippen LogP contribution in [0.2, 0.25) is 0 Å². The number of nitrogens with one attached hydrogen (secondary N) is 1. The van der Waals surface area contributed by atoms with E-state index in [9.17, 15) is 9.59 Å². The van der Waals surface area contributed by atoms with Crippen molar-refractivity contribution >= 4 is 17.6 Å². The molecule has 0 unspecified atom stereocenters. The molecule has 4 nitrogen and oxygen atoms in total. The van der Waals surface area contributed by atoms with E-state index in [2.05, 4.69) is 5.32 Å². The van der Waals surface area contributed by atoms with Crippen LogP contribution in [0.5, 0.6) is 0 Å². The highest BCUT2D eigenvalue weighted by Crippen LogP contribution is 2.12. The lowest BCUT2D eigenvalue weighted by molar-refractivity contribution is -0.136. The van der Waals surface area contributed by atoms with Crippen LogP contribution in [0.25, 0.3) is 0 Å². The molecule has 0 aliphatic carbocycles. The zero-order chi connectivity index (χ0) is 15.2. The molecule has 0 atom stereocenters. The van der Waals surface area contributed by atoms with E-state index in [1.807, 2.05) is 31.2 Å². The number of aliphatic carboxylic acids is 1. The van der Waals surface area contributed by atoms with Crippen LogP contribution < -0.4 is 5.32 Å². The highest BCUT2D eigenvalue weighted by molar-refractivity contribution is 5.92. The lowest BCUT2D eigenvalue weighted by Crippen LogP contribution is -2.14. The first-order chi connectivity index (χ1) is 10.0. The quantitative estimate of drug-likeness (QED) is 0.886. The van der Waals surface area contributed by atoms with Gasteiger partial charge in [0.05, 0.1) is 12.8 Å². The number of carboxylic acids is 1. The molecule has 0 heterocycles. The third kappa shape index (κ3) is 4.76. The largest absolute Gasteiger partial charge is 0.481 e. The summed E-state index contributed by atoms with van der Waals surface area (Å²) in [4.78, 5) is 22.7. The van der Waals surface area contributed by atoms with Crippen LogP contribution >= 0.6 is 0 Å². The molecule has 0 radical (unpaired) electrons. The molecule has 0 saturated heterocycles. The van der Waals surface area contributed by atoms with Gasteiger partial charge < -0.3 is 10.4 Å². The van der Waals surface area contributed by atoms with Gasteiger partial charge in [-0.15, -0.1) is 0 Å². The number of amides is 1. The van der Waals surface area contributed by atoms with E-state index in [1.54, 1.807) is 24.3 Å². The third-order valence-electron chi connectivity index (χ3n) is 3.05. The molecule has 2 aromatic carbocycles. The van der Waals surface area contributed by atoms with Crippen molar-refractivity contribution in [3.05, 3.63) is 65.2 Å². The highest BCUT2D eigenvalue weighted by Gasteiger charge is 2.06. The molecule has 0 aliphatic rings. The second kappa shape index (κ2) is 6.70. The van der Waals surface area contributed by atoms with Gasteiger partial charge in [0.1, 0.15) is 0 Å². The number of carbonyl (C=O) groups is 2. The zero-order valence-electron chi connectivity index (χ0n) is 11.8. The van der Waals surface area contributed by atoms with Crippen molar-refractivity contribution in [2.45, 2.75) is 19.8 Å². The highest BCUT2D eigenvalue weighted by atomic mass is 16.4. The van der Waals surface area contributed by atoms with E-state index in [4.69, 9.17) is 5.11 Å². The molecule has 108 valence electrons. The molecular formula is C17H17NO3. The van der Waals surface area contributed by atoms with Crippen LogP contribution in [0.3, 0.4) is 0 Å². The monoisotopic (exact) mass is 283 g/mol. The van der Waals surface area contributed by atoms with E-state index >= 15 is 0 Å². The van der Waals surface area contributed by atoms with Crippen molar-refractivity contribution in [3.63, 3.8) is 0 Å². The summed E-state index contributed by atoms with van der Waals surface area (Å²) in [5.74, 6) is -1.01. The van der Waals surface area contributed by atoms with Crippen LogP contribution in [-0.4, -0.2) is 17.0 Å². The summed E-state index contributed by atoms with van der Waals surface area (Å²) in [6.07, 6.45) is 0.241. The maximum absolute atomic E-state index is 12.0. The molecule has 1 amide bonds. The summed E-state index contributed by atoms with van der Waals surface area (Å²) in [5, 5.41) is 11.6. The second-order valence-corrected chi connectivity index (χ2v) is 4.98. The van der Waals surface area contributed by atoms with Crippen molar-refractivity contribution < 1.29 is 14.7 Å². The Kier molecular flexibility index (Phi) is 4.72. The first-order valence-electron chi connectivity index (χ1n) is 6.69. The van der Waals surface area contributed by atoms with Crippen LogP contribution in [0.1, 0.15) is 16.7 Å². The van der Waals surface area contributed by atoms with Crippen molar-refractivity contribution in [2.24, 2.45) is 0 Å². The summed E-state index contributed by atoms with van der Waals surface area (Å²) in [6, 6.07) is 14.7. The van der Waals surface area contributed by atoms with Gasteiger partial charge in [-0.3, -0.25) is 9.59 Å². The molecule has 4 heteroatoms. The van der Waals surface area contributed by atoms with Gasteiger partial charge in [-0.2, -0.15) is 0 Å². The summed E-state index contributed by atoms with van der Waals surface area (Å²) >= 11 is 0. The number of aryl methyl sites for hydroxylation is 1. The van der Waals surface area contributed by atoms with Crippen molar-refractivity contribution in [3.8, 4) is 0 Å². The molecule has 2 aromatic rings. The predicted octanol–water partition coefficient (Wildman–Crippen LogP) is 2.80. The number of hydrogen-bond acceptors (Lipinski definition) is 2. The molecule has 0 bridgehead atoms. The Morgan fingerprint density at radius 2 is 1.71 bits per heavy atom. The molecule has 0 fully saturated rings. The Labute approximate surface area is 123 Å². The molecule has 21 heavy (non-hydrogen) atoms.